The molecule has 35 heavy (non-hydrogen) atoms. The van der Waals surface area contributed by atoms with Crippen molar-refractivity contribution in [3.05, 3.63) is 119 Å². The van der Waals surface area contributed by atoms with Gasteiger partial charge in [0.2, 0.25) is 5.91 Å². The summed E-state index contributed by atoms with van der Waals surface area (Å²) in [7, 11) is 0. The Bertz CT molecular complexity index is 1490. The van der Waals surface area contributed by atoms with Crippen LogP contribution in [0.5, 0.6) is 0 Å². The molecule has 3 heterocycles. The third-order valence-electron chi connectivity index (χ3n) is 6.82. The van der Waals surface area contributed by atoms with Crippen molar-refractivity contribution in [2.24, 2.45) is 5.73 Å². The SMILES string of the molecule is N#CC1=C(N)N(c2ccccc2)C2=C(C(=O)OC2)[C@]12C(=O)N(Cc1ccccc1)c1ccccc12. The third kappa shape index (κ3) is 2.71. The zero-order chi connectivity index (χ0) is 24.2. The van der Waals surface area contributed by atoms with E-state index in [9.17, 15) is 14.9 Å². The number of fused-ring (bicyclic) bond motifs is 3. The monoisotopic (exact) mass is 460 g/mol. The Kier molecular flexibility index (Phi) is 4.51. The van der Waals surface area contributed by atoms with Crippen LogP contribution in [0.4, 0.5) is 11.4 Å². The molecular weight excluding hydrogens is 440 g/mol. The fourth-order valence-corrected chi connectivity index (χ4v) is 5.39. The smallest absolute Gasteiger partial charge is 0.338 e. The molecule has 7 heteroatoms. The normalized spacial score (nSPS) is 20.8. The lowest BCUT2D eigenvalue weighted by molar-refractivity contribution is -0.137. The van der Waals surface area contributed by atoms with Gasteiger partial charge < -0.3 is 15.4 Å². The number of ether oxygens (including phenoxy) is 1. The van der Waals surface area contributed by atoms with Crippen molar-refractivity contribution in [1.29, 1.82) is 5.26 Å². The Morgan fingerprint density at radius 2 is 1.60 bits per heavy atom. The van der Waals surface area contributed by atoms with E-state index in [0.717, 1.165) is 5.56 Å². The summed E-state index contributed by atoms with van der Waals surface area (Å²) in [6.45, 7) is 0.245. The molecule has 3 aliphatic rings. The number of anilines is 2. The number of esters is 1. The Balaban J connectivity index is 1.63. The summed E-state index contributed by atoms with van der Waals surface area (Å²) in [4.78, 5) is 31.0. The summed E-state index contributed by atoms with van der Waals surface area (Å²) in [6.07, 6.45) is 0. The average molecular weight is 460 g/mol. The number of benzene rings is 3. The molecule has 0 fully saturated rings. The highest BCUT2D eigenvalue weighted by Crippen LogP contribution is 2.56. The molecule has 1 amide bonds. The number of nitrogens with zero attached hydrogens (tertiary/aromatic N) is 3. The summed E-state index contributed by atoms with van der Waals surface area (Å²) in [6, 6.07) is 28.3. The van der Waals surface area contributed by atoms with E-state index in [0.29, 0.717) is 22.6 Å². The van der Waals surface area contributed by atoms with Gasteiger partial charge in [0.25, 0.3) is 0 Å². The van der Waals surface area contributed by atoms with E-state index in [2.05, 4.69) is 6.07 Å². The quantitative estimate of drug-likeness (QED) is 0.601. The molecule has 0 saturated carbocycles. The molecule has 0 unspecified atom stereocenters. The van der Waals surface area contributed by atoms with Crippen molar-refractivity contribution < 1.29 is 14.3 Å². The lowest BCUT2D eigenvalue weighted by atomic mass is 9.67. The summed E-state index contributed by atoms with van der Waals surface area (Å²) in [5, 5.41) is 10.4. The van der Waals surface area contributed by atoms with Crippen LogP contribution in [0, 0.1) is 11.3 Å². The van der Waals surface area contributed by atoms with E-state index in [1.54, 1.807) is 21.9 Å². The second kappa shape index (κ2) is 7.61. The summed E-state index contributed by atoms with van der Waals surface area (Å²) in [5.74, 6) is -0.896. The molecule has 0 aliphatic carbocycles. The molecule has 1 atom stereocenters. The van der Waals surface area contributed by atoms with Gasteiger partial charge in [0.1, 0.15) is 23.9 Å². The van der Waals surface area contributed by atoms with Gasteiger partial charge in [-0.25, -0.2) is 4.79 Å². The minimum atomic E-state index is -1.67. The van der Waals surface area contributed by atoms with Crippen LogP contribution in [-0.2, 0) is 26.3 Å². The van der Waals surface area contributed by atoms with Crippen molar-refractivity contribution >= 4 is 23.3 Å². The second-order valence-corrected chi connectivity index (χ2v) is 8.58. The summed E-state index contributed by atoms with van der Waals surface area (Å²) >= 11 is 0. The van der Waals surface area contributed by atoms with E-state index < -0.39 is 11.4 Å². The average Bonchev–Trinajstić information content (AvgIpc) is 3.38. The molecule has 1 spiro atoms. The molecule has 0 saturated heterocycles. The van der Waals surface area contributed by atoms with E-state index >= 15 is 0 Å². The second-order valence-electron chi connectivity index (χ2n) is 8.58. The minimum Gasteiger partial charge on any atom is -0.456 e. The number of rotatable bonds is 3. The van der Waals surface area contributed by atoms with Gasteiger partial charge in [-0.1, -0.05) is 66.7 Å². The van der Waals surface area contributed by atoms with Crippen LogP contribution in [0.15, 0.2) is 108 Å². The van der Waals surface area contributed by atoms with Crippen LogP contribution in [0.2, 0.25) is 0 Å². The number of nitriles is 1. The van der Waals surface area contributed by atoms with Gasteiger partial charge in [-0.05, 0) is 23.8 Å². The van der Waals surface area contributed by atoms with Crippen LogP contribution in [0.25, 0.3) is 0 Å². The van der Waals surface area contributed by atoms with Gasteiger partial charge in [0.15, 0.2) is 0 Å². The fraction of sp³-hybridized carbons (Fsp3) is 0.107. The molecule has 3 aromatic carbocycles. The predicted octanol–water partition coefficient (Wildman–Crippen LogP) is 3.50. The first-order valence-electron chi connectivity index (χ1n) is 11.2. The molecule has 0 radical (unpaired) electrons. The molecule has 0 bridgehead atoms. The van der Waals surface area contributed by atoms with Crippen LogP contribution < -0.4 is 15.5 Å². The Hall–Kier alpha value is -4.83. The highest BCUT2D eigenvalue weighted by atomic mass is 16.5. The Labute approximate surface area is 201 Å². The maximum absolute atomic E-state index is 14.4. The van der Waals surface area contributed by atoms with Crippen molar-refractivity contribution in [1.82, 2.24) is 0 Å². The standard InChI is InChI=1S/C28H20N4O3/c29-15-21-25(30)32(19-11-5-2-6-12-19)23-17-35-26(33)24(23)28(21)20-13-7-8-14-22(20)31(27(28)34)16-18-9-3-1-4-10-18/h1-14H,16-17,30H2/t28-/m1/s1. The first kappa shape index (κ1) is 20.8. The predicted molar refractivity (Wildman–Crippen MR) is 129 cm³/mol. The lowest BCUT2D eigenvalue weighted by Gasteiger charge is -2.38. The van der Waals surface area contributed by atoms with E-state index in [1.165, 1.54) is 0 Å². The third-order valence-corrected chi connectivity index (χ3v) is 6.82. The number of carbonyl (C=O) groups excluding carboxylic acids is 2. The van der Waals surface area contributed by atoms with Crippen molar-refractivity contribution in [2.45, 2.75) is 12.0 Å². The number of para-hydroxylation sites is 2. The number of hydrogen-bond acceptors (Lipinski definition) is 6. The zero-order valence-corrected chi connectivity index (χ0v) is 18.6. The molecular formula is C28H20N4O3. The number of amides is 1. The molecule has 2 N–H and O–H groups in total. The number of carbonyl (C=O) groups is 2. The van der Waals surface area contributed by atoms with Crippen LogP contribution >= 0.6 is 0 Å². The molecule has 0 aromatic heterocycles. The van der Waals surface area contributed by atoms with Gasteiger partial charge in [0, 0.05) is 16.9 Å². The maximum atomic E-state index is 14.4. The fourth-order valence-electron chi connectivity index (χ4n) is 5.39. The molecule has 7 nitrogen and oxygen atoms in total. The summed E-state index contributed by atoms with van der Waals surface area (Å²) in [5.41, 5.74) is 8.43. The number of hydrogen-bond donors (Lipinski definition) is 1. The van der Waals surface area contributed by atoms with Gasteiger partial charge in [-0.15, -0.1) is 0 Å². The lowest BCUT2D eigenvalue weighted by Crippen LogP contribution is -2.50. The maximum Gasteiger partial charge on any atom is 0.338 e. The van der Waals surface area contributed by atoms with E-state index in [1.807, 2.05) is 72.8 Å². The molecule has 3 aromatic rings. The minimum absolute atomic E-state index is 0.0203. The summed E-state index contributed by atoms with van der Waals surface area (Å²) < 4.78 is 5.48. The van der Waals surface area contributed by atoms with E-state index in [4.69, 9.17) is 10.5 Å². The molecule has 170 valence electrons. The molecule has 3 aliphatic heterocycles. The van der Waals surface area contributed by atoms with Crippen LogP contribution in [0.1, 0.15) is 11.1 Å². The van der Waals surface area contributed by atoms with Gasteiger partial charge >= 0.3 is 5.97 Å². The van der Waals surface area contributed by atoms with Crippen LogP contribution in [0.3, 0.4) is 0 Å². The first-order chi connectivity index (χ1) is 17.1. The van der Waals surface area contributed by atoms with Crippen molar-refractivity contribution in [3.63, 3.8) is 0 Å². The molecule has 6 rings (SSSR count). The first-order valence-corrected chi connectivity index (χ1v) is 11.2. The largest absolute Gasteiger partial charge is 0.456 e. The highest BCUT2D eigenvalue weighted by molar-refractivity contribution is 6.19. The number of cyclic esters (lactones) is 1. The Morgan fingerprint density at radius 3 is 2.31 bits per heavy atom. The van der Waals surface area contributed by atoms with Gasteiger partial charge in [-0.3, -0.25) is 9.69 Å². The van der Waals surface area contributed by atoms with Gasteiger partial charge in [-0.2, -0.15) is 5.26 Å². The van der Waals surface area contributed by atoms with Crippen LogP contribution in [-0.4, -0.2) is 18.5 Å². The zero-order valence-electron chi connectivity index (χ0n) is 18.6. The topological polar surface area (TPSA) is 99.7 Å². The van der Waals surface area contributed by atoms with E-state index in [-0.39, 0.29) is 36.0 Å². The van der Waals surface area contributed by atoms with Crippen molar-refractivity contribution in [2.75, 3.05) is 16.4 Å². The number of nitrogens with two attached hydrogens (primary N) is 1. The van der Waals surface area contributed by atoms with Crippen molar-refractivity contribution in [3.8, 4) is 6.07 Å². The highest BCUT2D eigenvalue weighted by Gasteiger charge is 2.63. The Morgan fingerprint density at radius 1 is 0.943 bits per heavy atom. The van der Waals surface area contributed by atoms with Gasteiger partial charge in [0.05, 0.1) is 23.4 Å².